The minimum absolute atomic E-state index is 0.574. The van der Waals surface area contributed by atoms with Crippen molar-refractivity contribution in [2.24, 2.45) is 0 Å². The monoisotopic (exact) mass is 249 g/mol. The van der Waals surface area contributed by atoms with Crippen LogP contribution in [-0.4, -0.2) is 12.6 Å². The lowest BCUT2D eigenvalue weighted by atomic mass is 9.91. The van der Waals surface area contributed by atoms with E-state index in [1.807, 2.05) is 0 Å². The summed E-state index contributed by atoms with van der Waals surface area (Å²) in [5, 5.41) is 8.18. The average Bonchev–Trinajstić information content (AvgIpc) is 2.88. The summed E-state index contributed by atoms with van der Waals surface area (Å²) in [6.07, 6.45) is 10.2. The van der Waals surface area contributed by atoms with Crippen LogP contribution in [0, 0.1) is 0 Å². The van der Waals surface area contributed by atoms with E-state index in [0.717, 1.165) is 13.0 Å². The van der Waals surface area contributed by atoms with Gasteiger partial charge >= 0.3 is 0 Å². The van der Waals surface area contributed by atoms with Crippen LogP contribution in [0.15, 0.2) is 28.5 Å². The van der Waals surface area contributed by atoms with Gasteiger partial charge in [0.15, 0.2) is 0 Å². The summed E-state index contributed by atoms with van der Waals surface area (Å²) in [6, 6.07) is 2.83. The fourth-order valence-corrected chi connectivity index (χ4v) is 3.16. The Morgan fingerprint density at radius 3 is 3.00 bits per heavy atom. The average molecular weight is 249 g/mol. The summed E-state index contributed by atoms with van der Waals surface area (Å²) < 4.78 is 0. The first-order chi connectivity index (χ1) is 8.40. The fraction of sp³-hybridized carbons (Fsp3) is 0.600. The minimum Gasteiger partial charge on any atom is -0.310 e. The predicted molar refractivity (Wildman–Crippen MR) is 76.7 cm³/mol. The van der Waals surface area contributed by atoms with Crippen molar-refractivity contribution in [3.8, 4) is 0 Å². The molecule has 94 valence electrons. The van der Waals surface area contributed by atoms with Crippen LogP contribution in [0.2, 0.25) is 0 Å². The Kier molecular flexibility index (Phi) is 5.27. The molecule has 0 amide bonds. The summed E-state index contributed by atoms with van der Waals surface area (Å²) in [6.45, 7) is 3.37. The molecule has 0 fully saturated rings. The molecular formula is C15H23NS. The Morgan fingerprint density at radius 1 is 1.41 bits per heavy atom. The quantitative estimate of drug-likeness (QED) is 0.747. The highest BCUT2D eigenvalue weighted by Gasteiger charge is 2.16. The van der Waals surface area contributed by atoms with Crippen LogP contribution in [0.4, 0.5) is 0 Å². The van der Waals surface area contributed by atoms with Crippen molar-refractivity contribution in [1.82, 2.24) is 5.32 Å². The molecule has 2 rings (SSSR count). The summed E-state index contributed by atoms with van der Waals surface area (Å²) in [4.78, 5) is 0. The van der Waals surface area contributed by atoms with Crippen molar-refractivity contribution >= 4 is 11.3 Å². The van der Waals surface area contributed by atoms with Crippen molar-refractivity contribution in [1.29, 1.82) is 0 Å². The Bertz CT molecular complexity index is 340. The van der Waals surface area contributed by atoms with Gasteiger partial charge in [0, 0.05) is 6.04 Å². The second-order valence-electron chi connectivity index (χ2n) is 4.87. The molecule has 1 N–H and O–H groups in total. The molecular weight excluding hydrogens is 226 g/mol. The Balaban J connectivity index is 1.99. The van der Waals surface area contributed by atoms with Crippen LogP contribution >= 0.6 is 11.3 Å². The van der Waals surface area contributed by atoms with Gasteiger partial charge in [0.25, 0.3) is 0 Å². The molecule has 1 heterocycles. The van der Waals surface area contributed by atoms with Crippen molar-refractivity contribution < 1.29 is 0 Å². The number of allylic oxidation sites excluding steroid dienone is 1. The van der Waals surface area contributed by atoms with E-state index in [1.165, 1.54) is 37.7 Å². The molecule has 0 radical (unpaired) electrons. The molecule has 2 heteroatoms. The van der Waals surface area contributed by atoms with Gasteiger partial charge in [-0.05, 0) is 67.5 Å². The van der Waals surface area contributed by atoms with Crippen LogP contribution in [0.1, 0.15) is 44.6 Å². The summed E-state index contributed by atoms with van der Waals surface area (Å²) in [5.74, 6) is 0. The Morgan fingerprint density at radius 2 is 2.35 bits per heavy atom. The van der Waals surface area contributed by atoms with E-state index in [1.54, 1.807) is 16.9 Å². The zero-order valence-corrected chi connectivity index (χ0v) is 11.6. The predicted octanol–water partition coefficient (Wildman–Crippen LogP) is 4.16. The first-order valence-electron chi connectivity index (χ1n) is 6.83. The van der Waals surface area contributed by atoms with Crippen molar-refractivity contribution in [2.45, 2.75) is 51.5 Å². The molecule has 1 aromatic heterocycles. The molecule has 0 aliphatic heterocycles. The lowest BCUT2D eigenvalue weighted by Crippen LogP contribution is -2.34. The van der Waals surface area contributed by atoms with E-state index >= 15 is 0 Å². The lowest BCUT2D eigenvalue weighted by molar-refractivity contribution is 0.526. The third-order valence-corrected chi connectivity index (χ3v) is 4.17. The van der Waals surface area contributed by atoms with Crippen molar-refractivity contribution in [2.75, 3.05) is 6.54 Å². The highest BCUT2D eigenvalue weighted by atomic mass is 32.1. The van der Waals surface area contributed by atoms with E-state index in [4.69, 9.17) is 0 Å². The molecule has 1 nitrogen and oxygen atoms in total. The van der Waals surface area contributed by atoms with E-state index in [-0.39, 0.29) is 0 Å². The van der Waals surface area contributed by atoms with E-state index < -0.39 is 0 Å². The van der Waals surface area contributed by atoms with Gasteiger partial charge in [0.05, 0.1) is 0 Å². The number of nitrogens with one attached hydrogen (secondary N) is 1. The van der Waals surface area contributed by atoms with E-state index in [2.05, 4.69) is 35.1 Å². The molecule has 1 aromatic rings. The molecule has 0 bridgehead atoms. The van der Waals surface area contributed by atoms with Gasteiger partial charge in [0.2, 0.25) is 0 Å². The minimum atomic E-state index is 0.574. The second kappa shape index (κ2) is 6.97. The topological polar surface area (TPSA) is 12.0 Å². The number of rotatable bonds is 6. The smallest absolute Gasteiger partial charge is 0.0320 e. The standard InChI is InChI=1S/C15H23NS/c1-2-9-16-15(11-13-8-10-17-12-13)14-6-4-3-5-7-14/h6,8,10,12,15-16H,2-5,7,9,11H2,1H3. The Labute approximate surface area is 109 Å². The van der Waals surface area contributed by atoms with Crippen LogP contribution in [0.3, 0.4) is 0 Å². The molecule has 1 unspecified atom stereocenters. The van der Waals surface area contributed by atoms with Gasteiger partial charge in [-0.2, -0.15) is 11.3 Å². The first kappa shape index (κ1) is 12.8. The van der Waals surface area contributed by atoms with Gasteiger partial charge in [-0.15, -0.1) is 0 Å². The molecule has 0 spiro atoms. The molecule has 0 saturated carbocycles. The maximum atomic E-state index is 3.71. The summed E-state index contributed by atoms with van der Waals surface area (Å²) in [7, 11) is 0. The van der Waals surface area contributed by atoms with Crippen LogP contribution in [0.25, 0.3) is 0 Å². The molecule has 0 saturated heterocycles. The zero-order valence-electron chi connectivity index (χ0n) is 10.7. The third-order valence-electron chi connectivity index (χ3n) is 3.43. The summed E-state index contributed by atoms with van der Waals surface area (Å²) in [5.41, 5.74) is 3.13. The highest BCUT2D eigenvalue weighted by Crippen LogP contribution is 2.23. The maximum absolute atomic E-state index is 3.71. The van der Waals surface area contributed by atoms with Crippen molar-refractivity contribution in [3.63, 3.8) is 0 Å². The molecule has 1 atom stereocenters. The fourth-order valence-electron chi connectivity index (χ4n) is 2.48. The number of thiophene rings is 1. The van der Waals surface area contributed by atoms with E-state index in [9.17, 15) is 0 Å². The van der Waals surface area contributed by atoms with Gasteiger partial charge in [-0.3, -0.25) is 0 Å². The van der Waals surface area contributed by atoms with Crippen LogP contribution in [-0.2, 0) is 6.42 Å². The van der Waals surface area contributed by atoms with Crippen molar-refractivity contribution in [3.05, 3.63) is 34.0 Å². The van der Waals surface area contributed by atoms with Gasteiger partial charge in [-0.1, -0.05) is 18.6 Å². The molecule has 17 heavy (non-hydrogen) atoms. The first-order valence-corrected chi connectivity index (χ1v) is 7.78. The molecule has 1 aliphatic carbocycles. The number of hydrogen-bond donors (Lipinski definition) is 1. The normalized spacial score (nSPS) is 17.8. The maximum Gasteiger partial charge on any atom is 0.0320 e. The van der Waals surface area contributed by atoms with Gasteiger partial charge < -0.3 is 5.32 Å². The molecule has 0 aromatic carbocycles. The SMILES string of the molecule is CCCNC(Cc1ccsc1)C1=CCCCC1. The Hall–Kier alpha value is -0.600. The zero-order chi connectivity index (χ0) is 11.9. The van der Waals surface area contributed by atoms with Crippen LogP contribution in [0.5, 0.6) is 0 Å². The lowest BCUT2D eigenvalue weighted by Gasteiger charge is -2.24. The number of hydrogen-bond acceptors (Lipinski definition) is 2. The second-order valence-corrected chi connectivity index (χ2v) is 5.65. The van der Waals surface area contributed by atoms with Gasteiger partial charge in [0.1, 0.15) is 0 Å². The van der Waals surface area contributed by atoms with E-state index in [0.29, 0.717) is 6.04 Å². The highest BCUT2D eigenvalue weighted by molar-refractivity contribution is 7.07. The largest absolute Gasteiger partial charge is 0.310 e. The third kappa shape index (κ3) is 3.97. The molecule has 1 aliphatic rings. The van der Waals surface area contributed by atoms with Crippen LogP contribution < -0.4 is 5.32 Å². The van der Waals surface area contributed by atoms with Gasteiger partial charge in [-0.25, -0.2) is 0 Å². The summed E-state index contributed by atoms with van der Waals surface area (Å²) >= 11 is 1.80.